The van der Waals surface area contributed by atoms with Crippen molar-refractivity contribution in [1.82, 2.24) is 5.32 Å². The smallest absolute Gasteiger partial charge is 0.221 e. The molecule has 1 amide bonds. The van der Waals surface area contributed by atoms with Crippen molar-refractivity contribution in [3.63, 3.8) is 0 Å². The topological polar surface area (TPSA) is 67.2 Å². The number of rotatable bonds is 6. The Morgan fingerprint density at radius 3 is 2.82 bits per heavy atom. The van der Waals surface area contributed by atoms with E-state index in [1.54, 1.807) is 0 Å². The van der Waals surface area contributed by atoms with Crippen molar-refractivity contribution in [3.05, 3.63) is 22.7 Å². The maximum atomic E-state index is 11.3. The van der Waals surface area contributed by atoms with E-state index in [4.69, 9.17) is 5.73 Å². The molecule has 0 aliphatic rings. The number of nitrogens with one attached hydrogen (secondary N) is 2. The summed E-state index contributed by atoms with van der Waals surface area (Å²) in [7, 11) is 0. The van der Waals surface area contributed by atoms with Gasteiger partial charge in [0, 0.05) is 35.4 Å². The van der Waals surface area contributed by atoms with Crippen molar-refractivity contribution < 1.29 is 4.79 Å². The number of anilines is 2. The quantitative estimate of drug-likeness (QED) is 0.707. The lowest BCUT2D eigenvalue weighted by molar-refractivity contribution is -0.120. The molecule has 17 heavy (non-hydrogen) atoms. The lowest BCUT2D eigenvalue weighted by atomic mass is 10.3. The largest absolute Gasteiger partial charge is 0.399 e. The predicted molar refractivity (Wildman–Crippen MR) is 75.0 cm³/mol. The minimum absolute atomic E-state index is 0.0749. The summed E-state index contributed by atoms with van der Waals surface area (Å²) >= 11 is 3.41. The van der Waals surface area contributed by atoms with Gasteiger partial charge in [0.1, 0.15) is 0 Å². The van der Waals surface area contributed by atoms with Crippen LogP contribution >= 0.6 is 15.9 Å². The average Bonchev–Trinajstić information content (AvgIpc) is 2.29. The minimum atomic E-state index is 0.0749. The molecule has 0 aromatic heterocycles. The van der Waals surface area contributed by atoms with E-state index in [0.717, 1.165) is 23.1 Å². The molecule has 0 saturated carbocycles. The van der Waals surface area contributed by atoms with Gasteiger partial charge >= 0.3 is 0 Å². The summed E-state index contributed by atoms with van der Waals surface area (Å²) in [5, 5.41) is 6.02. The first-order valence-corrected chi connectivity index (χ1v) is 6.48. The molecule has 0 spiro atoms. The van der Waals surface area contributed by atoms with Crippen molar-refractivity contribution in [2.24, 2.45) is 0 Å². The zero-order chi connectivity index (χ0) is 12.7. The van der Waals surface area contributed by atoms with Crippen LogP contribution in [0.4, 0.5) is 11.4 Å². The van der Waals surface area contributed by atoms with Crippen molar-refractivity contribution in [2.75, 3.05) is 24.1 Å². The summed E-state index contributed by atoms with van der Waals surface area (Å²) in [4.78, 5) is 11.3. The first-order valence-electron chi connectivity index (χ1n) is 5.69. The van der Waals surface area contributed by atoms with Crippen LogP contribution in [0.3, 0.4) is 0 Å². The summed E-state index contributed by atoms with van der Waals surface area (Å²) in [6, 6.07) is 5.55. The molecule has 0 saturated heterocycles. The summed E-state index contributed by atoms with van der Waals surface area (Å²) in [6.45, 7) is 3.38. The van der Waals surface area contributed by atoms with Gasteiger partial charge in [-0.15, -0.1) is 0 Å². The van der Waals surface area contributed by atoms with E-state index in [-0.39, 0.29) is 5.91 Å². The van der Waals surface area contributed by atoms with Gasteiger partial charge in [-0.2, -0.15) is 0 Å². The van der Waals surface area contributed by atoms with Gasteiger partial charge in [-0.3, -0.25) is 4.79 Å². The second-order valence-corrected chi connectivity index (χ2v) is 4.62. The number of nitrogen functional groups attached to an aromatic ring is 1. The van der Waals surface area contributed by atoms with Crippen LogP contribution in [-0.4, -0.2) is 19.0 Å². The van der Waals surface area contributed by atoms with Gasteiger partial charge in [-0.1, -0.05) is 6.92 Å². The Balaban J connectivity index is 2.33. The maximum Gasteiger partial charge on any atom is 0.221 e. The number of nitrogens with two attached hydrogens (primary N) is 1. The molecule has 1 aromatic carbocycles. The standard InChI is InChI=1S/C12H18BrN3O/c1-2-6-16-12(17)5-7-15-11-4-3-9(14)8-10(11)13/h3-4,8,15H,2,5-7,14H2,1H3,(H,16,17). The Kier molecular flexibility index (Phi) is 5.83. The Morgan fingerprint density at radius 1 is 1.41 bits per heavy atom. The zero-order valence-corrected chi connectivity index (χ0v) is 11.5. The molecular weight excluding hydrogens is 282 g/mol. The lowest BCUT2D eigenvalue weighted by Gasteiger charge is -2.09. The third-order valence-electron chi connectivity index (χ3n) is 2.23. The molecule has 0 aliphatic carbocycles. The van der Waals surface area contributed by atoms with Crippen LogP contribution in [0, 0.1) is 0 Å². The van der Waals surface area contributed by atoms with Crippen LogP contribution < -0.4 is 16.4 Å². The van der Waals surface area contributed by atoms with Crippen LogP contribution in [0.15, 0.2) is 22.7 Å². The van der Waals surface area contributed by atoms with E-state index < -0.39 is 0 Å². The predicted octanol–water partition coefficient (Wildman–Crippen LogP) is 2.36. The van der Waals surface area contributed by atoms with Crippen molar-refractivity contribution in [1.29, 1.82) is 0 Å². The summed E-state index contributed by atoms with van der Waals surface area (Å²) in [5.74, 6) is 0.0749. The second kappa shape index (κ2) is 7.17. The maximum absolute atomic E-state index is 11.3. The van der Waals surface area contributed by atoms with Gasteiger partial charge in [-0.25, -0.2) is 0 Å². The highest BCUT2D eigenvalue weighted by Gasteiger charge is 2.02. The van der Waals surface area contributed by atoms with Crippen molar-refractivity contribution in [2.45, 2.75) is 19.8 Å². The van der Waals surface area contributed by atoms with Crippen LogP contribution in [0.5, 0.6) is 0 Å². The summed E-state index contributed by atoms with van der Waals surface area (Å²) in [5.41, 5.74) is 7.30. The van der Waals surface area contributed by atoms with E-state index in [0.29, 0.717) is 18.7 Å². The fourth-order valence-electron chi connectivity index (χ4n) is 1.34. The monoisotopic (exact) mass is 299 g/mol. The number of hydrogen-bond acceptors (Lipinski definition) is 3. The zero-order valence-electron chi connectivity index (χ0n) is 9.92. The molecule has 0 atom stereocenters. The highest BCUT2D eigenvalue weighted by atomic mass is 79.9. The molecule has 0 unspecified atom stereocenters. The molecule has 0 heterocycles. The van der Waals surface area contributed by atoms with E-state index in [1.807, 2.05) is 25.1 Å². The Morgan fingerprint density at radius 2 is 2.18 bits per heavy atom. The van der Waals surface area contributed by atoms with Gasteiger partial charge < -0.3 is 16.4 Å². The fraction of sp³-hybridized carbons (Fsp3) is 0.417. The molecule has 0 bridgehead atoms. The lowest BCUT2D eigenvalue weighted by Crippen LogP contribution is -2.25. The van der Waals surface area contributed by atoms with Crippen molar-refractivity contribution >= 4 is 33.2 Å². The van der Waals surface area contributed by atoms with E-state index in [9.17, 15) is 4.79 Å². The molecular formula is C12H18BrN3O. The third-order valence-corrected chi connectivity index (χ3v) is 2.89. The van der Waals surface area contributed by atoms with Crippen LogP contribution in [0.25, 0.3) is 0 Å². The number of carbonyl (C=O) groups is 1. The number of amides is 1. The van der Waals surface area contributed by atoms with Gasteiger partial charge in [0.15, 0.2) is 0 Å². The second-order valence-electron chi connectivity index (χ2n) is 3.77. The average molecular weight is 300 g/mol. The first kappa shape index (κ1) is 13.8. The molecule has 0 fully saturated rings. The Hall–Kier alpha value is -1.23. The minimum Gasteiger partial charge on any atom is -0.399 e. The van der Waals surface area contributed by atoms with Gasteiger partial charge in [0.25, 0.3) is 0 Å². The number of halogens is 1. The number of hydrogen-bond donors (Lipinski definition) is 3. The molecule has 4 N–H and O–H groups in total. The first-order chi connectivity index (χ1) is 8.13. The molecule has 4 nitrogen and oxygen atoms in total. The highest BCUT2D eigenvalue weighted by molar-refractivity contribution is 9.10. The van der Waals surface area contributed by atoms with Gasteiger partial charge in [0.2, 0.25) is 5.91 Å². The van der Waals surface area contributed by atoms with Crippen LogP contribution in [0.2, 0.25) is 0 Å². The number of carbonyl (C=O) groups excluding carboxylic acids is 1. The van der Waals surface area contributed by atoms with E-state index in [1.165, 1.54) is 0 Å². The van der Waals surface area contributed by atoms with Gasteiger partial charge in [0.05, 0.1) is 0 Å². The third kappa shape index (κ3) is 5.08. The number of benzene rings is 1. The van der Waals surface area contributed by atoms with E-state index in [2.05, 4.69) is 26.6 Å². The van der Waals surface area contributed by atoms with Crippen LogP contribution in [-0.2, 0) is 4.79 Å². The van der Waals surface area contributed by atoms with Gasteiger partial charge in [-0.05, 0) is 40.5 Å². The molecule has 1 aromatic rings. The van der Waals surface area contributed by atoms with Crippen molar-refractivity contribution in [3.8, 4) is 0 Å². The van der Waals surface area contributed by atoms with E-state index >= 15 is 0 Å². The Bertz CT molecular complexity index is 382. The molecule has 94 valence electrons. The molecule has 0 aliphatic heterocycles. The summed E-state index contributed by atoms with van der Waals surface area (Å²) in [6.07, 6.45) is 1.43. The normalized spacial score (nSPS) is 10.0. The van der Waals surface area contributed by atoms with Crippen LogP contribution in [0.1, 0.15) is 19.8 Å². The SMILES string of the molecule is CCCNC(=O)CCNc1ccc(N)cc1Br. The fourth-order valence-corrected chi connectivity index (χ4v) is 1.87. The molecule has 0 radical (unpaired) electrons. The molecule has 1 rings (SSSR count). The Labute approximate surface area is 110 Å². The summed E-state index contributed by atoms with van der Waals surface area (Å²) < 4.78 is 0.909. The highest BCUT2D eigenvalue weighted by Crippen LogP contribution is 2.24. The molecule has 5 heteroatoms.